The lowest BCUT2D eigenvalue weighted by atomic mass is 9.99. The van der Waals surface area contributed by atoms with Gasteiger partial charge in [0.25, 0.3) is 0 Å². The molecule has 2 atom stereocenters. The monoisotopic (exact) mass is 324 g/mol. The van der Waals surface area contributed by atoms with Gasteiger partial charge in [0, 0.05) is 29.3 Å². The predicted molar refractivity (Wildman–Crippen MR) is 87.0 cm³/mol. The Kier molecular flexibility index (Phi) is 5.28. The third-order valence-electron chi connectivity index (χ3n) is 4.28. The van der Waals surface area contributed by atoms with Crippen molar-refractivity contribution in [3.05, 3.63) is 28.2 Å². The molecule has 2 unspecified atom stereocenters. The molecule has 0 aromatic heterocycles. The molecule has 0 spiro atoms. The molecule has 0 saturated carbocycles. The Hall–Kier alpha value is -0.540. The number of halogens is 1. The Morgan fingerprint density at radius 1 is 1.47 bits per heavy atom. The molecule has 0 aliphatic carbocycles. The van der Waals surface area contributed by atoms with Crippen LogP contribution in [0.15, 0.2) is 22.7 Å². The third-order valence-corrected chi connectivity index (χ3v) is 5.13. The number of nitrogens with one attached hydrogen (secondary N) is 1. The minimum Gasteiger partial charge on any atom is -0.370 e. The Morgan fingerprint density at radius 3 is 2.95 bits per heavy atom. The molecule has 0 amide bonds. The van der Waals surface area contributed by atoms with Crippen LogP contribution in [-0.2, 0) is 0 Å². The van der Waals surface area contributed by atoms with Crippen LogP contribution in [0.2, 0.25) is 0 Å². The lowest BCUT2D eigenvalue weighted by Gasteiger charge is -2.29. The number of hydrogen-bond acceptors (Lipinski definition) is 2. The average molecular weight is 325 g/mol. The second-order valence-corrected chi connectivity index (χ2v) is 6.53. The summed E-state index contributed by atoms with van der Waals surface area (Å²) in [7, 11) is 0. The van der Waals surface area contributed by atoms with E-state index in [2.05, 4.69) is 65.1 Å². The number of anilines is 1. The van der Waals surface area contributed by atoms with Crippen LogP contribution >= 0.6 is 15.9 Å². The van der Waals surface area contributed by atoms with Crippen LogP contribution in [0.4, 0.5) is 5.69 Å². The Bertz CT molecular complexity index is 419. The summed E-state index contributed by atoms with van der Waals surface area (Å²) >= 11 is 3.65. The molecular weight excluding hydrogens is 300 g/mol. The van der Waals surface area contributed by atoms with Crippen molar-refractivity contribution in [2.75, 3.05) is 24.5 Å². The van der Waals surface area contributed by atoms with E-state index in [0.29, 0.717) is 6.04 Å². The fraction of sp³-hybridized carbons (Fsp3) is 0.625. The first-order valence-corrected chi connectivity index (χ1v) is 8.15. The molecule has 1 aliphatic heterocycles. The van der Waals surface area contributed by atoms with Crippen LogP contribution in [0, 0.1) is 12.8 Å². The fourth-order valence-electron chi connectivity index (χ4n) is 2.63. The maximum atomic E-state index is 3.70. The van der Waals surface area contributed by atoms with Gasteiger partial charge in [0.05, 0.1) is 0 Å². The van der Waals surface area contributed by atoms with Gasteiger partial charge in [-0.05, 0) is 43.5 Å². The molecule has 0 radical (unpaired) electrons. The van der Waals surface area contributed by atoms with Crippen molar-refractivity contribution in [2.45, 2.75) is 39.7 Å². The van der Waals surface area contributed by atoms with Crippen LogP contribution in [0.25, 0.3) is 0 Å². The van der Waals surface area contributed by atoms with Crippen molar-refractivity contribution in [3.63, 3.8) is 0 Å². The van der Waals surface area contributed by atoms with Crippen molar-refractivity contribution < 1.29 is 0 Å². The van der Waals surface area contributed by atoms with Crippen molar-refractivity contribution in [1.29, 1.82) is 0 Å². The van der Waals surface area contributed by atoms with Crippen LogP contribution in [0.1, 0.15) is 32.3 Å². The third kappa shape index (κ3) is 3.73. The van der Waals surface area contributed by atoms with Crippen molar-refractivity contribution in [2.24, 2.45) is 5.92 Å². The Morgan fingerprint density at radius 2 is 2.26 bits per heavy atom. The van der Waals surface area contributed by atoms with E-state index in [4.69, 9.17) is 0 Å². The van der Waals surface area contributed by atoms with Crippen LogP contribution < -0.4 is 10.2 Å². The summed E-state index contributed by atoms with van der Waals surface area (Å²) in [5, 5.41) is 3.70. The molecule has 2 rings (SSSR count). The topological polar surface area (TPSA) is 15.3 Å². The Balaban J connectivity index is 2.15. The van der Waals surface area contributed by atoms with Crippen molar-refractivity contribution >= 4 is 21.6 Å². The molecule has 1 fully saturated rings. The first-order chi connectivity index (χ1) is 9.11. The number of aryl methyl sites for hydroxylation is 1. The van der Waals surface area contributed by atoms with Crippen molar-refractivity contribution in [1.82, 2.24) is 5.32 Å². The second kappa shape index (κ2) is 6.76. The van der Waals surface area contributed by atoms with Gasteiger partial charge in [-0.25, -0.2) is 0 Å². The maximum absolute atomic E-state index is 3.70. The smallest absolute Gasteiger partial charge is 0.0378 e. The molecule has 1 heterocycles. The van der Waals surface area contributed by atoms with Gasteiger partial charge in [-0.2, -0.15) is 0 Å². The Labute approximate surface area is 125 Å². The highest BCUT2D eigenvalue weighted by atomic mass is 79.9. The quantitative estimate of drug-likeness (QED) is 0.904. The predicted octanol–water partition coefficient (Wildman–Crippen LogP) is 3.97. The SMILES string of the molecule is CCC(C)C1CN(c2ccc(C)c(Br)c2)CCCN1. The molecule has 3 heteroatoms. The molecular formula is C16H25BrN2. The van der Waals surface area contributed by atoms with Gasteiger partial charge in [-0.15, -0.1) is 0 Å². The van der Waals surface area contributed by atoms with Gasteiger partial charge in [0.2, 0.25) is 0 Å². The van der Waals surface area contributed by atoms with Crippen LogP contribution in [0.3, 0.4) is 0 Å². The van der Waals surface area contributed by atoms with E-state index in [1.807, 2.05) is 0 Å². The summed E-state index contributed by atoms with van der Waals surface area (Å²) in [6, 6.07) is 7.32. The first kappa shape index (κ1) is 14.9. The van der Waals surface area contributed by atoms with Crippen molar-refractivity contribution in [3.8, 4) is 0 Å². The zero-order valence-electron chi connectivity index (χ0n) is 12.2. The van der Waals surface area contributed by atoms with E-state index in [0.717, 1.165) is 25.6 Å². The number of hydrogen-bond donors (Lipinski definition) is 1. The normalized spacial score (nSPS) is 22.1. The minimum absolute atomic E-state index is 0.604. The largest absolute Gasteiger partial charge is 0.370 e. The van der Waals surface area contributed by atoms with Gasteiger partial charge < -0.3 is 10.2 Å². The van der Waals surface area contributed by atoms with Gasteiger partial charge in [-0.1, -0.05) is 42.3 Å². The molecule has 0 bridgehead atoms. The average Bonchev–Trinajstić information content (AvgIpc) is 2.67. The minimum atomic E-state index is 0.604. The summed E-state index contributed by atoms with van der Waals surface area (Å²) in [6.07, 6.45) is 2.46. The highest BCUT2D eigenvalue weighted by molar-refractivity contribution is 9.10. The number of rotatable bonds is 3. The van der Waals surface area contributed by atoms with E-state index >= 15 is 0 Å². The highest BCUT2D eigenvalue weighted by Gasteiger charge is 2.22. The molecule has 1 aromatic carbocycles. The summed E-state index contributed by atoms with van der Waals surface area (Å²) in [6.45, 7) is 10.2. The first-order valence-electron chi connectivity index (χ1n) is 7.36. The summed E-state index contributed by atoms with van der Waals surface area (Å²) < 4.78 is 1.21. The zero-order chi connectivity index (χ0) is 13.8. The fourth-order valence-corrected chi connectivity index (χ4v) is 3.00. The summed E-state index contributed by atoms with van der Waals surface area (Å²) in [5.74, 6) is 0.731. The lowest BCUT2D eigenvalue weighted by Crippen LogP contribution is -2.42. The summed E-state index contributed by atoms with van der Waals surface area (Å²) in [5.41, 5.74) is 2.64. The van der Waals surface area contributed by atoms with Gasteiger partial charge in [0.15, 0.2) is 0 Å². The van der Waals surface area contributed by atoms with Gasteiger partial charge >= 0.3 is 0 Å². The van der Waals surface area contributed by atoms with E-state index in [-0.39, 0.29) is 0 Å². The van der Waals surface area contributed by atoms with E-state index in [1.165, 1.54) is 28.6 Å². The van der Waals surface area contributed by atoms with Crippen LogP contribution in [-0.4, -0.2) is 25.7 Å². The second-order valence-electron chi connectivity index (χ2n) is 5.68. The van der Waals surface area contributed by atoms with Gasteiger partial charge in [0.1, 0.15) is 0 Å². The number of benzene rings is 1. The van der Waals surface area contributed by atoms with E-state index < -0.39 is 0 Å². The van der Waals surface area contributed by atoms with Gasteiger partial charge in [-0.3, -0.25) is 0 Å². The molecule has 1 aromatic rings. The standard InChI is InChI=1S/C16H25BrN2/c1-4-12(2)16-11-19(9-5-8-18-16)14-7-6-13(3)15(17)10-14/h6-7,10,12,16,18H,4-5,8-9,11H2,1-3H3. The maximum Gasteiger partial charge on any atom is 0.0378 e. The zero-order valence-corrected chi connectivity index (χ0v) is 13.8. The molecule has 1 N–H and O–H groups in total. The lowest BCUT2D eigenvalue weighted by molar-refractivity contribution is 0.384. The molecule has 106 valence electrons. The van der Waals surface area contributed by atoms with E-state index in [1.54, 1.807) is 0 Å². The highest BCUT2D eigenvalue weighted by Crippen LogP contribution is 2.25. The molecule has 19 heavy (non-hydrogen) atoms. The van der Waals surface area contributed by atoms with E-state index in [9.17, 15) is 0 Å². The number of nitrogens with zero attached hydrogens (tertiary/aromatic N) is 1. The molecule has 2 nitrogen and oxygen atoms in total. The summed E-state index contributed by atoms with van der Waals surface area (Å²) in [4.78, 5) is 2.53. The van der Waals surface area contributed by atoms with Crippen LogP contribution in [0.5, 0.6) is 0 Å². The molecule has 1 saturated heterocycles. The molecule has 1 aliphatic rings.